The molecule has 0 spiro atoms. The third-order valence-corrected chi connectivity index (χ3v) is 6.13. The van der Waals surface area contributed by atoms with Gasteiger partial charge in [-0.05, 0) is 38.5 Å². The lowest BCUT2D eigenvalue weighted by Gasteiger charge is -2.17. The Morgan fingerprint density at radius 2 is 1.88 bits per heavy atom. The van der Waals surface area contributed by atoms with Gasteiger partial charge in [-0.3, -0.25) is 4.79 Å². The van der Waals surface area contributed by atoms with Crippen LogP contribution >= 0.6 is 11.3 Å². The third-order valence-electron chi connectivity index (χ3n) is 5.17. The van der Waals surface area contributed by atoms with Crippen molar-refractivity contribution in [3.63, 3.8) is 0 Å². The van der Waals surface area contributed by atoms with E-state index in [1.807, 2.05) is 50.2 Å². The van der Waals surface area contributed by atoms with Gasteiger partial charge in [0.25, 0.3) is 11.6 Å². The Morgan fingerprint density at radius 1 is 1.12 bits per heavy atom. The highest BCUT2D eigenvalue weighted by molar-refractivity contribution is 7.12. The van der Waals surface area contributed by atoms with Crippen LogP contribution in [0.4, 0.5) is 0 Å². The second-order valence-corrected chi connectivity index (χ2v) is 9.10. The van der Waals surface area contributed by atoms with E-state index in [1.54, 1.807) is 31.4 Å². The minimum atomic E-state index is -0.615. The Bertz CT molecular complexity index is 1290. The number of likely N-dealkylation sites (N-methyl/N-ethyl adjacent to an activating group) is 1. The number of carbonyl (C=O) groups is 2. The maximum atomic E-state index is 13.0. The van der Waals surface area contributed by atoms with Gasteiger partial charge in [0, 0.05) is 28.9 Å². The lowest BCUT2D eigenvalue weighted by atomic mass is 10.1. The number of ether oxygens (including phenoxy) is 1. The fourth-order valence-electron chi connectivity index (χ4n) is 3.54. The van der Waals surface area contributed by atoms with Crippen LogP contribution in [0.5, 0.6) is 0 Å². The molecule has 0 bridgehead atoms. The number of aromatic nitrogens is 2. The Kier molecular flexibility index (Phi) is 6.05. The topological polar surface area (TPSA) is 85.5 Å². The lowest BCUT2D eigenvalue weighted by Crippen LogP contribution is -2.30. The molecule has 0 N–H and O–H groups in total. The van der Waals surface area contributed by atoms with Crippen LogP contribution in [0.3, 0.4) is 0 Å². The van der Waals surface area contributed by atoms with Gasteiger partial charge in [0.15, 0.2) is 6.61 Å². The average molecular weight is 450 g/mol. The molecule has 0 unspecified atom stereocenters. The summed E-state index contributed by atoms with van der Waals surface area (Å²) in [6.07, 6.45) is 0. The number of rotatable bonds is 6. The lowest BCUT2D eigenvalue weighted by molar-refractivity contribution is -0.133. The van der Waals surface area contributed by atoms with Crippen LogP contribution in [0.25, 0.3) is 22.4 Å². The van der Waals surface area contributed by atoms with Gasteiger partial charge in [-0.1, -0.05) is 35.5 Å². The van der Waals surface area contributed by atoms with Crippen molar-refractivity contribution >= 4 is 34.3 Å². The number of thiophene rings is 1. The largest absolute Gasteiger partial charge is 0.452 e. The number of hydrogen-bond acceptors (Lipinski definition) is 7. The van der Waals surface area contributed by atoms with E-state index < -0.39 is 5.97 Å². The van der Waals surface area contributed by atoms with Crippen molar-refractivity contribution in [1.82, 2.24) is 15.0 Å². The SMILES string of the molecule is Cc1cc(-c2cc(C(=O)OCC(=O)N(C)Cc3ccccc3)c3c(C)noc3n2)c(C)s1. The van der Waals surface area contributed by atoms with Gasteiger partial charge in [0.1, 0.15) is 0 Å². The molecule has 32 heavy (non-hydrogen) atoms. The minimum Gasteiger partial charge on any atom is -0.452 e. The summed E-state index contributed by atoms with van der Waals surface area (Å²) in [5, 5.41) is 4.45. The summed E-state index contributed by atoms with van der Waals surface area (Å²) in [6.45, 7) is 5.84. The number of esters is 1. The molecule has 0 saturated carbocycles. The number of aryl methyl sites for hydroxylation is 3. The van der Waals surface area contributed by atoms with Crippen molar-refractivity contribution in [3.05, 3.63) is 69.0 Å². The molecular formula is C24H23N3O4S. The first-order valence-corrected chi connectivity index (χ1v) is 10.9. The molecule has 1 amide bonds. The van der Waals surface area contributed by atoms with Crippen LogP contribution < -0.4 is 0 Å². The van der Waals surface area contributed by atoms with Gasteiger partial charge in [0.05, 0.1) is 22.3 Å². The van der Waals surface area contributed by atoms with Crippen LogP contribution in [0.15, 0.2) is 47.0 Å². The zero-order chi connectivity index (χ0) is 22.8. The number of benzene rings is 1. The van der Waals surface area contributed by atoms with E-state index in [2.05, 4.69) is 10.1 Å². The number of carbonyl (C=O) groups excluding carboxylic acids is 2. The van der Waals surface area contributed by atoms with E-state index in [1.165, 1.54) is 4.90 Å². The number of hydrogen-bond donors (Lipinski definition) is 0. The van der Waals surface area contributed by atoms with E-state index in [0.29, 0.717) is 23.3 Å². The van der Waals surface area contributed by atoms with Crippen LogP contribution in [-0.2, 0) is 16.1 Å². The van der Waals surface area contributed by atoms with Crippen LogP contribution in [0, 0.1) is 20.8 Å². The van der Waals surface area contributed by atoms with Gasteiger partial charge in [0.2, 0.25) is 0 Å². The maximum absolute atomic E-state index is 13.0. The Balaban J connectivity index is 1.55. The number of pyridine rings is 1. The van der Waals surface area contributed by atoms with E-state index >= 15 is 0 Å². The summed E-state index contributed by atoms with van der Waals surface area (Å²) >= 11 is 1.65. The summed E-state index contributed by atoms with van der Waals surface area (Å²) in [5.41, 5.74) is 3.62. The summed E-state index contributed by atoms with van der Waals surface area (Å²) in [4.78, 5) is 33.8. The van der Waals surface area contributed by atoms with Crippen LogP contribution in [0.1, 0.15) is 31.4 Å². The molecule has 4 rings (SSSR count). The molecule has 0 fully saturated rings. The molecule has 0 radical (unpaired) electrons. The Hall–Kier alpha value is -3.52. The summed E-state index contributed by atoms with van der Waals surface area (Å²) in [6, 6.07) is 13.3. The van der Waals surface area contributed by atoms with E-state index in [-0.39, 0.29) is 23.8 Å². The standard InChI is InChI=1S/C24H23N3O4S/c1-14-10-18(16(3)32-14)20-11-19(22-15(2)26-31-23(22)25-20)24(29)30-13-21(28)27(4)12-17-8-6-5-7-9-17/h5-11H,12-13H2,1-4H3. The highest BCUT2D eigenvalue weighted by Crippen LogP contribution is 2.33. The molecule has 3 heterocycles. The molecule has 0 saturated heterocycles. The van der Waals surface area contributed by atoms with Crippen LogP contribution in [-0.4, -0.2) is 40.6 Å². The number of fused-ring (bicyclic) bond motifs is 1. The van der Waals surface area contributed by atoms with Crippen molar-refractivity contribution in [2.24, 2.45) is 0 Å². The van der Waals surface area contributed by atoms with Crippen molar-refractivity contribution in [3.8, 4) is 11.3 Å². The fourth-order valence-corrected chi connectivity index (χ4v) is 4.47. The molecule has 164 valence electrons. The molecule has 0 atom stereocenters. The molecule has 0 aliphatic carbocycles. The normalized spacial score (nSPS) is 11.0. The van der Waals surface area contributed by atoms with Gasteiger partial charge in [-0.2, -0.15) is 0 Å². The van der Waals surface area contributed by atoms with Crippen molar-refractivity contribution in [2.45, 2.75) is 27.3 Å². The Labute approximate surface area is 189 Å². The average Bonchev–Trinajstić information content (AvgIpc) is 3.32. The molecule has 1 aromatic carbocycles. The van der Waals surface area contributed by atoms with Crippen molar-refractivity contribution in [1.29, 1.82) is 0 Å². The van der Waals surface area contributed by atoms with Gasteiger partial charge in [-0.15, -0.1) is 11.3 Å². The first-order chi connectivity index (χ1) is 15.3. The number of nitrogens with zero attached hydrogens (tertiary/aromatic N) is 3. The molecule has 4 aromatic rings. The monoisotopic (exact) mass is 449 g/mol. The molecule has 8 heteroatoms. The summed E-state index contributed by atoms with van der Waals surface area (Å²) < 4.78 is 10.7. The maximum Gasteiger partial charge on any atom is 0.339 e. The predicted octanol–water partition coefficient (Wildman–Crippen LogP) is 4.69. The smallest absolute Gasteiger partial charge is 0.339 e. The summed E-state index contributed by atoms with van der Waals surface area (Å²) in [5.74, 6) is -0.907. The zero-order valence-corrected chi connectivity index (χ0v) is 19.2. The second-order valence-electron chi connectivity index (χ2n) is 7.64. The van der Waals surface area contributed by atoms with Crippen LogP contribution in [0.2, 0.25) is 0 Å². The van der Waals surface area contributed by atoms with Gasteiger partial charge in [-0.25, -0.2) is 9.78 Å². The fraction of sp³-hybridized carbons (Fsp3) is 0.250. The second kappa shape index (κ2) is 8.92. The van der Waals surface area contributed by atoms with Crippen molar-refractivity contribution < 1.29 is 18.8 Å². The molecule has 3 aromatic heterocycles. The van der Waals surface area contributed by atoms with Gasteiger partial charge < -0.3 is 14.2 Å². The first kappa shape index (κ1) is 21.7. The Morgan fingerprint density at radius 3 is 2.56 bits per heavy atom. The molecule has 0 aliphatic rings. The van der Waals surface area contributed by atoms with Gasteiger partial charge >= 0.3 is 5.97 Å². The number of amides is 1. The minimum absolute atomic E-state index is 0.266. The van der Waals surface area contributed by atoms with E-state index in [0.717, 1.165) is 20.9 Å². The zero-order valence-electron chi connectivity index (χ0n) is 18.3. The molecule has 0 aliphatic heterocycles. The quantitative estimate of drug-likeness (QED) is 0.397. The van der Waals surface area contributed by atoms with E-state index in [9.17, 15) is 9.59 Å². The third kappa shape index (κ3) is 4.40. The molecular weight excluding hydrogens is 426 g/mol. The highest BCUT2D eigenvalue weighted by Gasteiger charge is 2.22. The summed E-state index contributed by atoms with van der Waals surface area (Å²) in [7, 11) is 1.68. The van der Waals surface area contributed by atoms with E-state index in [4.69, 9.17) is 9.26 Å². The molecule has 7 nitrogen and oxygen atoms in total. The highest BCUT2D eigenvalue weighted by atomic mass is 32.1. The predicted molar refractivity (Wildman–Crippen MR) is 123 cm³/mol. The van der Waals surface area contributed by atoms with Crippen molar-refractivity contribution in [2.75, 3.05) is 13.7 Å². The first-order valence-electron chi connectivity index (χ1n) is 10.1.